The molecule has 17 heavy (non-hydrogen) atoms. The predicted molar refractivity (Wildman–Crippen MR) is 73.8 cm³/mol. The summed E-state index contributed by atoms with van der Waals surface area (Å²) in [6.45, 7) is 5.73. The molecule has 0 radical (unpaired) electrons. The van der Waals surface area contributed by atoms with Crippen molar-refractivity contribution in [2.45, 2.75) is 58.8 Å². The third kappa shape index (κ3) is 9.16. The van der Waals surface area contributed by atoms with Gasteiger partial charge in [-0.05, 0) is 18.9 Å². The Morgan fingerprint density at radius 1 is 1.18 bits per heavy atom. The number of unbranched alkanes of at least 4 members (excludes halogenated alkanes) is 5. The Hall–Kier alpha value is -0.570. The van der Waals surface area contributed by atoms with Gasteiger partial charge in [0, 0.05) is 20.0 Å². The zero-order valence-electron chi connectivity index (χ0n) is 11.9. The van der Waals surface area contributed by atoms with Crippen LogP contribution in [0.25, 0.3) is 0 Å². The lowest BCUT2D eigenvalue weighted by molar-refractivity contribution is -0.130. The van der Waals surface area contributed by atoms with Crippen molar-refractivity contribution in [3.8, 4) is 0 Å². The van der Waals surface area contributed by atoms with Crippen LogP contribution in [0.2, 0.25) is 0 Å². The van der Waals surface area contributed by atoms with Crippen molar-refractivity contribution in [1.29, 1.82) is 0 Å². The molecule has 102 valence electrons. The first-order valence-corrected chi connectivity index (χ1v) is 7.05. The lowest BCUT2D eigenvalue weighted by Gasteiger charge is -2.20. The van der Waals surface area contributed by atoms with E-state index in [1.807, 2.05) is 11.9 Å². The molecule has 1 atom stereocenters. The third-order valence-electron chi connectivity index (χ3n) is 3.16. The first-order valence-electron chi connectivity index (χ1n) is 7.05. The molecule has 0 saturated heterocycles. The van der Waals surface area contributed by atoms with E-state index in [1.165, 1.54) is 32.1 Å². The first kappa shape index (κ1) is 16.4. The van der Waals surface area contributed by atoms with E-state index < -0.39 is 0 Å². The summed E-state index contributed by atoms with van der Waals surface area (Å²) in [4.78, 5) is 13.6. The molecule has 0 aromatic carbocycles. The van der Waals surface area contributed by atoms with Crippen molar-refractivity contribution in [3.63, 3.8) is 0 Å². The van der Waals surface area contributed by atoms with Gasteiger partial charge in [-0.25, -0.2) is 0 Å². The quantitative estimate of drug-likeness (QED) is 0.599. The highest BCUT2D eigenvalue weighted by Crippen LogP contribution is 2.08. The second kappa shape index (κ2) is 10.6. The van der Waals surface area contributed by atoms with Crippen molar-refractivity contribution >= 4 is 5.91 Å². The van der Waals surface area contributed by atoms with Crippen molar-refractivity contribution in [1.82, 2.24) is 4.90 Å². The minimum Gasteiger partial charge on any atom is -0.345 e. The van der Waals surface area contributed by atoms with Gasteiger partial charge in [-0.3, -0.25) is 4.79 Å². The Balaban J connectivity index is 3.50. The normalized spacial score (nSPS) is 12.5. The van der Waals surface area contributed by atoms with E-state index in [4.69, 9.17) is 5.73 Å². The van der Waals surface area contributed by atoms with Crippen LogP contribution in [0.1, 0.15) is 58.8 Å². The van der Waals surface area contributed by atoms with Crippen LogP contribution < -0.4 is 5.73 Å². The second-order valence-corrected chi connectivity index (χ2v) is 5.13. The summed E-state index contributed by atoms with van der Waals surface area (Å²) >= 11 is 0. The van der Waals surface area contributed by atoms with Crippen LogP contribution in [-0.4, -0.2) is 30.9 Å². The lowest BCUT2D eigenvalue weighted by atomic mass is 10.1. The fourth-order valence-corrected chi connectivity index (χ4v) is 1.89. The van der Waals surface area contributed by atoms with Gasteiger partial charge in [0.05, 0.1) is 0 Å². The molecule has 0 spiro atoms. The van der Waals surface area contributed by atoms with Crippen LogP contribution in [0.3, 0.4) is 0 Å². The number of amides is 1. The average molecular weight is 242 g/mol. The average Bonchev–Trinajstić information content (AvgIpc) is 2.32. The molecular weight excluding hydrogens is 212 g/mol. The standard InChI is InChI=1S/C14H30N2O/c1-4-5-6-7-8-9-10-14(17)16(3)12-13(2)11-15/h13H,4-12,15H2,1-3H3. The molecular formula is C14H30N2O. The topological polar surface area (TPSA) is 46.3 Å². The summed E-state index contributed by atoms with van der Waals surface area (Å²) in [5.74, 6) is 0.661. The Labute approximate surface area is 107 Å². The van der Waals surface area contributed by atoms with Crippen LogP contribution in [0, 0.1) is 5.92 Å². The molecule has 0 fully saturated rings. The van der Waals surface area contributed by atoms with Crippen molar-refractivity contribution in [3.05, 3.63) is 0 Å². The highest BCUT2D eigenvalue weighted by atomic mass is 16.2. The minimum absolute atomic E-state index is 0.265. The molecule has 0 saturated carbocycles. The monoisotopic (exact) mass is 242 g/mol. The summed E-state index contributed by atoms with van der Waals surface area (Å²) in [5.41, 5.74) is 5.55. The Kier molecular flexibility index (Phi) is 10.2. The molecule has 0 heterocycles. The highest BCUT2D eigenvalue weighted by Gasteiger charge is 2.10. The zero-order chi connectivity index (χ0) is 13.1. The zero-order valence-corrected chi connectivity index (χ0v) is 11.9. The van der Waals surface area contributed by atoms with E-state index in [1.54, 1.807) is 0 Å². The summed E-state index contributed by atoms with van der Waals surface area (Å²) in [6, 6.07) is 0. The maximum atomic E-state index is 11.8. The molecule has 0 rings (SSSR count). The van der Waals surface area contributed by atoms with E-state index in [0.29, 0.717) is 18.9 Å². The van der Waals surface area contributed by atoms with Gasteiger partial charge in [-0.15, -0.1) is 0 Å². The smallest absolute Gasteiger partial charge is 0.222 e. The summed E-state index contributed by atoms with van der Waals surface area (Å²) < 4.78 is 0. The van der Waals surface area contributed by atoms with Gasteiger partial charge in [0.25, 0.3) is 0 Å². The maximum Gasteiger partial charge on any atom is 0.222 e. The van der Waals surface area contributed by atoms with Crippen LogP contribution in [0.5, 0.6) is 0 Å². The van der Waals surface area contributed by atoms with Gasteiger partial charge in [-0.2, -0.15) is 0 Å². The minimum atomic E-state index is 0.265. The van der Waals surface area contributed by atoms with Crippen molar-refractivity contribution in [2.24, 2.45) is 11.7 Å². The van der Waals surface area contributed by atoms with E-state index >= 15 is 0 Å². The SMILES string of the molecule is CCCCCCCCC(=O)N(C)CC(C)CN. The fourth-order valence-electron chi connectivity index (χ4n) is 1.89. The van der Waals surface area contributed by atoms with Gasteiger partial charge in [0.2, 0.25) is 5.91 Å². The second-order valence-electron chi connectivity index (χ2n) is 5.13. The summed E-state index contributed by atoms with van der Waals surface area (Å²) in [5, 5.41) is 0. The molecule has 3 nitrogen and oxygen atoms in total. The first-order chi connectivity index (χ1) is 8.11. The molecule has 0 aliphatic rings. The van der Waals surface area contributed by atoms with E-state index in [0.717, 1.165) is 13.0 Å². The van der Waals surface area contributed by atoms with Crippen LogP contribution in [-0.2, 0) is 4.79 Å². The molecule has 0 aromatic heterocycles. The number of carbonyl (C=O) groups excluding carboxylic acids is 1. The number of nitrogens with zero attached hydrogens (tertiary/aromatic N) is 1. The molecule has 0 aromatic rings. The molecule has 0 bridgehead atoms. The molecule has 1 amide bonds. The largest absolute Gasteiger partial charge is 0.345 e. The third-order valence-corrected chi connectivity index (χ3v) is 3.16. The van der Waals surface area contributed by atoms with E-state index in [-0.39, 0.29) is 5.91 Å². The van der Waals surface area contributed by atoms with Gasteiger partial charge in [0.15, 0.2) is 0 Å². The fraction of sp³-hybridized carbons (Fsp3) is 0.929. The van der Waals surface area contributed by atoms with Crippen LogP contribution in [0.4, 0.5) is 0 Å². The number of hydrogen-bond acceptors (Lipinski definition) is 2. The van der Waals surface area contributed by atoms with Gasteiger partial charge in [-0.1, -0.05) is 46.0 Å². The summed E-state index contributed by atoms with van der Waals surface area (Å²) in [6.07, 6.45) is 8.09. The van der Waals surface area contributed by atoms with E-state index in [9.17, 15) is 4.79 Å². The number of hydrogen-bond donors (Lipinski definition) is 1. The predicted octanol–water partition coefficient (Wildman–Crippen LogP) is 2.79. The van der Waals surface area contributed by atoms with Crippen molar-refractivity contribution < 1.29 is 4.79 Å². The molecule has 2 N–H and O–H groups in total. The Bertz CT molecular complexity index is 195. The molecule has 0 aliphatic carbocycles. The van der Waals surface area contributed by atoms with Crippen molar-refractivity contribution in [2.75, 3.05) is 20.1 Å². The van der Waals surface area contributed by atoms with Gasteiger partial charge < -0.3 is 10.6 Å². The van der Waals surface area contributed by atoms with Gasteiger partial charge >= 0.3 is 0 Å². The number of rotatable bonds is 10. The van der Waals surface area contributed by atoms with E-state index in [2.05, 4.69) is 13.8 Å². The Morgan fingerprint density at radius 2 is 1.76 bits per heavy atom. The lowest BCUT2D eigenvalue weighted by Crippen LogP contribution is -2.33. The van der Waals surface area contributed by atoms with Crippen LogP contribution in [0.15, 0.2) is 0 Å². The maximum absolute atomic E-state index is 11.8. The molecule has 3 heteroatoms. The Morgan fingerprint density at radius 3 is 2.35 bits per heavy atom. The molecule has 0 aliphatic heterocycles. The summed E-state index contributed by atoms with van der Waals surface area (Å²) in [7, 11) is 1.88. The number of nitrogens with two attached hydrogens (primary N) is 1. The van der Waals surface area contributed by atoms with Gasteiger partial charge in [0.1, 0.15) is 0 Å². The number of carbonyl (C=O) groups is 1. The van der Waals surface area contributed by atoms with Crippen LogP contribution >= 0.6 is 0 Å². The highest BCUT2D eigenvalue weighted by molar-refractivity contribution is 5.75. The molecule has 1 unspecified atom stereocenters.